The number of aryl methyl sites for hydroxylation is 1. The standard InChI is InChI=1S/C21H19ClFN3O3/c1-26-7-6-24-21(26)19(14-2-4-15(23)5-3-14)25-18(27)12-13-10-16(22)20-17(11-13)28-8-9-29-20/h2-7,10-11,19H,8-9,12H2,1H3,(H,25,27). The van der Waals surface area contributed by atoms with E-state index in [9.17, 15) is 9.18 Å². The van der Waals surface area contributed by atoms with Crippen LogP contribution in [0.4, 0.5) is 4.39 Å². The summed E-state index contributed by atoms with van der Waals surface area (Å²) in [5.74, 6) is 1.11. The fourth-order valence-electron chi connectivity index (χ4n) is 3.27. The van der Waals surface area contributed by atoms with Gasteiger partial charge in [-0.15, -0.1) is 0 Å². The molecule has 1 aliphatic rings. The van der Waals surface area contributed by atoms with Crippen molar-refractivity contribution in [2.24, 2.45) is 7.05 Å². The molecule has 0 saturated carbocycles. The number of aromatic nitrogens is 2. The first kappa shape index (κ1) is 19.3. The number of halogens is 2. The second-order valence-electron chi connectivity index (χ2n) is 6.73. The normalized spacial score (nSPS) is 13.8. The zero-order valence-electron chi connectivity index (χ0n) is 15.7. The van der Waals surface area contributed by atoms with Crippen LogP contribution in [0.5, 0.6) is 11.5 Å². The van der Waals surface area contributed by atoms with E-state index in [1.807, 2.05) is 11.6 Å². The molecule has 8 heteroatoms. The van der Waals surface area contributed by atoms with Gasteiger partial charge in [0.2, 0.25) is 5.91 Å². The highest BCUT2D eigenvalue weighted by molar-refractivity contribution is 6.32. The Kier molecular flexibility index (Phi) is 5.40. The van der Waals surface area contributed by atoms with Crippen LogP contribution in [0.3, 0.4) is 0 Å². The van der Waals surface area contributed by atoms with Gasteiger partial charge < -0.3 is 19.4 Å². The first-order valence-corrected chi connectivity index (χ1v) is 9.49. The molecule has 1 N–H and O–H groups in total. The SMILES string of the molecule is Cn1ccnc1C(NC(=O)Cc1cc(Cl)c2c(c1)OCCO2)c1ccc(F)cc1. The Labute approximate surface area is 172 Å². The first-order chi connectivity index (χ1) is 14.0. The highest BCUT2D eigenvalue weighted by Crippen LogP contribution is 2.38. The molecule has 4 rings (SSSR count). The lowest BCUT2D eigenvalue weighted by atomic mass is 10.0. The lowest BCUT2D eigenvalue weighted by Crippen LogP contribution is -2.32. The summed E-state index contributed by atoms with van der Waals surface area (Å²) in [5.41, 5.74) is 1.43. The molecule has 0 bridgehead atoms. The predicted octanol–water partition coefficient (Wildman–Crippen LogP) is 3.43. The van der Waals surface area contributed by atoms with E-state index in [-0.39, 0.29) is 18.1 Å². The summed E-state index contributed by atoms with van der Waals surface area (Å²) in [6.45, 7) is 0.875. The molecule has 150 valence electrons. The minimum absolute atomic E-state index is 0.0957. The smallest absolute Gasteiger partial charge is 0.225 e. The Hall–Kier alpha value is -3.06. The molecule has 3 aromatic rings. The zero-order chi connectivity index (χ0) is 20.4. The number of ether oxygens (including phenoxy) is 2. The molecule has 1 atom stereocenters. The van der Waals surface area contributed by atoms with Gasteiger partial charge in [-0.2, -0.15) is 0 Å². The van der Waals surface area contributed by atoms with E-state index >= 15 is 0 Å². The van der Waals surface area contributed by atoms with Crippen molar-refractivity contribution in [1.82, 2.24) is 14.9 Å². The van der Waals surface area contributed by atoms with E-state index in [1.165, 1.54) is 12.1 Å². The molecule has 0 saturated heterocycles. The summed E-state index contributed by atoms with van der Waals surface area (Å²) >= 11 is 6.26. The third-order valence-electron chi connectivity index (χ3n) is 4.65. The van der Waals surface area contributed by atoms with Gasteiger partial charge in [0.1, 0.15) is 30.9 Å². The molecule has 1 aromatic heterocycles. The van der Waals surface area contributed by atoms with E-state index in [2.05, 4.69) is 10.3 Å². The number of nitrogens with zero attached hydrogens (tertiary/aromatic N) is 2. The number of fused-ring (bicyclic) bond motifs is 1. The molecular weight excluding hydrogens is 397 g/mol. The maximum absolute atomic E-state index is 13.4. The highest BCUT2D eigenvalue weighted by Gasteiger charge is 2.22. The number of benzene rings is 2. The molecule has 1 amide bonds. The lowest BCUT2D eigenvalue weighted by Gasteiger charge is -2.21. The van der Waals surface area contributed by atoms with Crippen LogP contribution >= 0.6 is 11.6 Å². The average Bonchev–Trinajstić information content (AvgIpc) is 3.12. The molecule has 1 aliphatic heterocycles. The van der Waals surface area contributed by atoms with Crippen molar-refractivity contribution < 1.29 is 18.7 Å². The van der Waals surface area contributed by atoms with E-state index in [0.29, 0.717) is 41.1 Å². The molecular formula is C21H19ClFN3O3. The van der Waals surface area contributed by atoms with E-state index in [4.69, 9.17) is 21.1 Å². The van der Waals surface area contributed by atoms with Crippen LogP contribution in [0.15, 0.2) is 48.8 Å². The average molecular weight is 416 g/mol. The number of amides is 1. The van der Waals surface area contributed by atoms with Crippen LogP contribution < -0.4 is 14.8 Å². The zero-order valence-corrected chi connectivity index (χ0v) is 16.4. The second kappa shape index (κ2) is 8.13. The number of rotatable bonds is 5. The lowest BCUT2D eigenvalue weighted by molar-refractivity contribution is -0.121. The third-order valence-corrected chi connectivity index (χ3v) is 4.93. The van der Waals surface area contributed by atoms with Gasteiger partial charge in [-0.3, -0.25) is 4.79 Å². The summed E-state index contributed by atoms with van der Waals surface area (Å²) in [6.07, 6.45) is 3.54. The topological polar surface area (TPSA) is 65.4 Å². The monoisotopic (exact) mass is 415 g/mol. The van der Waals surface area contributed by atoms with Crippen molar-refractivity contribution in [2.45, 2.75) is 12.5 Å². The summed E-state index contributed by atoms with van der Waals surface area (Å²) in [6, 6.07) is 8.92. The number of nitrogens with one attached hydrogen (secondary N) is 1. The van der Waals surface area contributed by atoms with Crippen LogP contribution in [0.25, 0.3) is 0 Å². The van der Waals surface area contributed by atoms with E-state index < -0.39 is 6.04 Å². The molecule has 2 aromatic carbocycles. The number of hydrogen-bond acceptors (Lipinski definition) is 4. The first-order valence-electron chi connectivity index (χ1n) is 9.11. The Morgan fingerprint density at radius 2 is 2.03 bits per heavy atom. The Balaban J connectivity index is 1.56. The molecule has 0 spiro atoms. The van der Waals surface area contributed by atoms with Crippen molar-refractivity contribution in [1.29, 1.82) is 0 Å². The fraction of sp³-hybridized carbons (Fsp3) is 0.238. The number of imidazole rings is 1. The summed E-state index contributed by atoms with van der Waals surface area (Å²) in [5, 5.41) is 3.39. The van der Waals surface area contributed by atoms with Crippen LogP contribution in [-0.2, 0) is 18.3 Å². The maximum Gasteiger partial charge on any atom is 0.225 e. The third kappa shape index (κ3) is 4.19. The van der Waals surface area contributed by atoms with Crippen molar-refractivity contribution >= 4 is 17.5 Å². The van der Waals surface area contributed by atoms with Crippen molar-refractivity contribution in [3.63, 3.8) is 0 Å². The van der Waals surface area contributed by atoms with Crippen LogP contribution in [0, 0.1) is 5.82 Å². The minimum atomic E-state index is -0.518. The van der Waals surface area contributed by atoms with E-state index in [1.54, 1.807) is 36.7 Å². The van der Waals surface area contributed by atoms with Gasteiger partial charge in [0.15, 0.2) is 11.5 Å². The Morgan fingerprint density at radius 1 is 1.28 bits per heavy atom. The summed E-state index contributed by atoms with van der Waals surface area (Å²) < 4.78 is 26.3. The highest BCUT2D eigenvalue weighted by atomic mass is 35.5. The summed E-state index contributed by atoms with van der Waals surface area (Å²) in [7, 11) is 1.84. The van der Waals surface area contributed by atoms with Gasteiger partial charge in [-0.1, -0.05) is 23.7 Å². The predicted molar refractivity (Wildman–Crippen MR) is 106 cm³/mol. The van der Waals surface area contributed by atoms with E-state index in [0.717, 1.165) is 5.56 Å². The fourth-order valence-corrected chi connectivity index (χ4v) is 3.56. The molecule has 0 fully saturated rings. The van der Waals surface area contributed by atoms with Gasteiger partial charge in [0, 0.05) is 19.4 Å². The van der Waals surface area contributed by atoms with Crippen LogP contribution in [0.1, 0.15) is 23.0 Å². The van der Waals surface area contributed by atoms with Crippen molar-refractivity contribution in [3.8, 4) is 11.5 Å². The Bertz CT molecular complexity index is 1040. The van der Waals surface area contributed by atoms with Gasteiger partial charge in [0.05, 0.1) is 11.4 Å². The van der Waals surface area contributed by atoms with Gasteiger partial charge >= 0.3 is 0 Å². The number of carbonyl (C=O) groups excluding carboxylic acids is 1. The summed E-state index contributed by atoms with van der Waals surface area (Å²) in [4.78, 5) is 17.2. The molecule has 6 nitrogen and oxygen atoms in total. The van der Waals surface area contributed by atoms with Crippen LogP contribution in [0.2, 0.25) is 5.02 Å². The maximum atomic E-state index is 13.4. The minimum Gasteiger partial charge on any atom is -0.486 e. The molecule has 1 unspecified atom stereocenters. The second-order valence-corrected chi connectivity index (χ2v) is 7.13. The molecule has 0 aliphatic carbocycles. The Morgan fingerprint density at radius 3 is 2.76 bits per heavy atom. The number of carbonyl (C=O) groups is 1. The molecule has 0 radical (unpaired) electrons. The largest absolute Gasteiger partial charge is 0.486 e. The van der Waals surface area contributed by atoms with Crippen molar-refractivity contribution in [3.05, 3.63) is 76.6 Å². The van der Waals surface area contributed by atoms with Gasteiger partial charge in [-0.25, -0.2) is 9.37 Å². The number of hydrogen-bond donors (Lipinski definition) is 1. The molecule has 29 heavy (non-hydrogen) atoms. The quantitative estimate of drug-likeness (QED) is 0.693. The van der Waals surface area contributed by atoms with Gasteiger partial charge in [-0.05, 0) is 35.4 Å². The molecule has 2 heterocycles. The van der Waals surface area contributed by atoms with Gasteiger partial charge in [0.25, 0.3) is 0 Å². The van der Waals surface area contributed by atoms with Crippen LogP contribution in [-0.4, -0.2) is 28.7 Å². The van der Waals surface area contributed by atoms with Crippen molar-refractivity contribution in [2.75, 3.05) is 13.2 Å².